The van der Waals surface area contributed by atoms with Crippen LogP contribution in [0.4, 0.5) is 0 Å². The molecule has 1 saturated heterocycles. The van der Waals surface area contributed by atoms with Crippen molar-refractivity contribution < 1.29 is 4.52 Å². The van der Waals surface area contributed by atoms with E-state index in [-0.39, 0.29) is 12.4 Å². The molecule has 1 aliphatic heterocycles. The molecule has 0 unspecified atom stereocenters. The Morgan fingerprint density at radius 1 is 1.37 bits per heavy atom. The second-order valence-electron chi connectivity index (χ2n) is 4.51. The molecule has 0 amide bonds. The zero-order chi connectivity index (χ0) is 12.4. The predicted octanol–water partition coefficient (Wildman–Crippen LogP) is 2.81. The number of halogens is 2. The van der Waals surface area contributed by atoms with Crippen molar-refractivity contribution in [1.82, 2.24) is 15.5 Å². The average molecular weight is 300 g/mol. The Morgan fingerprint density at radius 2 is 2.21 bits per heavy atom. The van der Waals surface area contributed by atoms with Crippen LogP contribution < -0.4 is 5.32 Å². The van der Waals surface area contributed by atoms with Crippen molar-refractivity contribution in [2.45, 2.75) is 18.8 Å². The molecule has 0 saturated carbocycles. The highest BCUT2D eigenvalue weighted by Crippen LogP contribution is 2.22. The minimum Gasteiger partial charge on any atom is -0.339 e. The fourth-order valence-electron chi connectivity index (χ4n) is 2.18. The zero-order valence-electron chi connectivity index (χ0n) is 10.3. The van der Waals surface area contributed by atoms with Gasteiger partial charge in [0.1, 0.15) is 0 Å². The summed E-state index contributed by atoms with van der Waals surface area (Å²) in [6.07, 6.45) is 1.68. The highest BCUT2D eigenvalue weighted by Gasteiger charge is 2.22. The minimum atomic E-state index is 0. The summed E-state index contributed by atoms with van der Waals surface area (Å²) in [6.45, 7) is 1.95. The highest BCUT2D eigenvalue weighted by atomic mass is 35.5. The van der Waals surface area contributed by atoms with Gasteiger partial charge >= 0.3 is 0 Å². The van der Waals surface area contributed by atoms with Crippen molar-refractivity contribution in [2.24, 2.45) is 0 Å². The molecule has 102 valence electrons. The molecule has 6 heteroatoms. The largest absolute Gasteiger partial charge is 0.339 e. The Balaban J connectivity index is 0.00000133. The van der Waals surface area contributed by atoms with E-state index in [0.717, 1.165) is 36.0 Å². The number of hydrogen-bond acceptors (Lipinski definition) is 4. The van der Waals surface area contributed by atoms with Gasteiger partial charge in [-0.15, -0.1) is 12.4 Å². The lowest BCUT2D eigenvalue weighted by Gasteiger charge is -2.00. The molecule has 1 N–H and O–H groups in total. The molecule has 4 nitrogen and oxygen atoms in total. The van der Waals surface area contributed by atoms with Crippen molar-refractivity contribution in [3.63, 3.8) is 0 Å². The van der Waals surface area contributed by atoms with E-state index >= 15 is 0 Å². The van der Waals surface area contributed by atoms with E-state index < -0.39 is 0 Å². The van der Waals surface area contributed by atoms with Gasteiger partial charge in [0.2, 0.25) is 5.89 Å². The van der Waals surface area contributed by atoms with Gasteiger partial charge in [0.15, 0.2) is 5.82 Å². The molecule has 3 rings (SSSR count). The molecule has 0 radical (unpaired) electrons. The summed E-state index contributed by atoms with van der Waals surface area (Å²) < 4.78 is 5.32. The zero-order valence-corrected chi connectivity index (χ0v) is 11.9. The van der Waals surface area contributed by atoms with Gasteiger partial charge in [0, 0.05) is 18.0 Å². The molecule has 1 aromatic heterocycles. The molecule has 0 aliphatic carbocycles. The summed E-state index contributed by atoms with van der Waals surface area (Å²) in [7, 11) is 0. The Labute approximate surface area is 122 Å². The Hall–Kier alpha value is -1.10. The lowest BCUT2D eigenvalue weighted by atomic mass is 10.1. The first-order valence-electron chi connectivity index (χ1n) is 6.09. The fraction of sp³-hybridized carbons (Fsp3) is 0.385. The molecule has 1 aromatic carbocycles. The molecular formula is C13H15Cl2N3O. The number of rotatable bonds is 3. The quantitative estimate of drug-likeness (QED) is 0.947. The average Bonchev–Trinajstić information content (AvgIpc) is 3.02. The van der Waals surface area contributed by atoms with Crippen LogP contribution >= 0.6 is 24.0 Å². The van der Waals surface area contributed by atoms with Gasteiger partial charge in [-0.25, -0.2) is 0 Å². The topological polar surface area (TPSA) is 51.0 Å². The number of nitrogens with zero attached hydrogens (tertiary/aromatic N) is 2. The Bertz CT molecular complexity index is 538. The lowest BCUT2D eigenvalue weighted by Crippen LogP contribution is -2.08. The van der Waals surface area contributed by atoms with Gasteiger partial charge in [-0.3, -0.25) is 0 Å². The van der Waals surface area contributed by atoms with Crippen molar-refractivity contribution in [3.05, 3.63) is 46.6 Å². The third-order valence-corrected chi connectivity index (χ3v) is 3.57. The SMILES string of the molecule is Cl.Clc1ccccc1Cc1noc([C@H]2CCNC2)n1. The molecule has 0 bridgehead atoms. The van der Waals surface area contributed by atoms with Gasteiger partial charge in [-0.05, 0) is 24.6 Å². The fourth-order valence-corrected chi connectivity index (χ4v) is 2.39. The third-order valence-electron chi connectivity index (χ3n) is 3.20. The van der Waals surface area contributed by atoms with E-state index in [1.54, 1.807) is 0 Å². The normalized spacial score (nSPS) is 18.3. The smallest absolute Gasteiger partial charge is 0.231 e. The van der Waals surface area contributed by atoms with E-state index in [1.807, 2.05) is 24.3 Å². The molecular weight excluding hydrogens is 285 g/mol. The van der Waals surface area contributed by atoms with E-state index in [0.29, 0.717) is 18.2 Å². The van der Waals surface area contributed by atoms with E-state index in [4.69, 9.17) is 16.1 Å². The summed E-state index contributed by atoms with van der Waals surface area (Å²) in [5, 5.41) is 8.06. The second kappa shape index (κ2) is 6.37. The van der Waals surface area contributed by atoms with Crippen molar-refractivity contribution in [2.75, 3.05) is 13.1 Å². The first-order chi connectivity index (χ1) is 8.83. The number of nitrogens with one attached hydrogen (secondary N) is 1. The van der Waals surface area contributed by atoms with Gasteiger partial charge < -0.3 is 9.84 Å². The van der Waals surface area contributed by atoms with Gasteiger partial charge in [-0.1, -0.05) is 35.0 Å². The monoisotopic (exact) mass is 299 g/mol. The van der Waals surface area contributed by atoms with Crippen LogP contribution in [-0.4, -0.2) is 23.2 Å². The second-order valence-corrected chi connectivity index (χ2v) is 4.91. The minimum absolute atomic E-state index is 0. The summed E-state index contributed by atoms with van der Waals surface area (Å²) in [4.78, 5) is 4.45. The summed E-state index contributed by atoms with van der Waals surface area (Å²) in [5.41, 5.74) is 1.02. The molecule has 1 atom stereocenters. The highest BCUT2D eigenvalue weighted by molar-refractivity contribution is 6.31. The molecule has 1 fully saturated rings. The van der Waals surface area contributed by atoms with Crippen LogP contribution in [0.3, 0.4) is 0 Å². The summed E-state index contributed by atoms with van der Waals surface area (Å²) in [5.74, 6) is 1.80. The maximum absolute atomic E-state index is 6.11. The number of benzene rings is 1. The van der Waals surface area contributed by atoms with Crippen LogP contribution in [0.5, 0.6) is 0 Å². The van der Waals surface area contributed by atoms with E-state index in [2.05, 4.69) is 15.5 Å². The van der Waals surface area contributed by atoms with Crippen LogP contribution in [0.25, 0.3) is 0 Å². The van der Waals surface area contributed by atoms with Gasteiger partial charge in [0.05, 0.1) is 5.92 Å². The third kappa shape index (κ3) is 3.26. The Morgan fingerprint density at radius 3 is 2.95 bits per heavy atom. The molecule has 19 heavy (non-hydrogen) atoms. The molecule has 2 aromatic rings. The maximum Gasteiger partial charge on any atom is 0.231 e. The maximum atomic E-state index is 6.11. The van der Waals surface area contributed by atoms with Crippen molar-refractivity contribution >= 4 is 24.0 Å². The summed E-state index contributed by atoms with van der Waals surface area (Å²) in [6, 6.07) is 7.73. The molecule has 1 aliphatic rings. The number of hydrogen-bond donors (Lipinski definition) is 1. The molecule has 0 spiro atoms. The van der Waals surface area contributed by atoms with E-state index in [1.165, 1.54) is 0 Å². The van der Waals surface area contributed by atoms with Crippen LogP contribution in [0, 0.1) is 0 Å². The number of aromatic nitrogens is 2. The summed E-state index contributed by atoms with van der Waals surface area (Å²) >= 11 is 6.11. The van der Waals surface area contributed by atoms with Crippen LogP contribution in [-0.2, 0) is 6.42 Å². The first kappa shape index (κ1) is 14.3. The Kier molecular flexibility index (Phi) is 4.80. The lowest BCUT2D eigenvalue weighted by molar-refractivity contribution is 0.355. The van der Waals surface area contributed by atoms with Crippen molar-refractivity contribution in [3.8, 4) is 0 Å². The van der Waals surface area contributed by atoms with Crippen molar-refractivity contribution in [1.29, 1.82) is 0 Å². The van der Waals surface area contributed by atoms with Gasteiger partial charge in [0.25, 0.3) is 0 Å². The predicted molar refractivity (Wildman–Crippen MR) is 76.0 cm³/mol. The van der Waals surface area contributed by atoms with Crippen LogP contribution in [0.2, 0.25) is 5.02 Å². The van der Waals surface area contributed by atoms with Gasteiger partial charge in [-0.2, -0.15) is 4.98 Å². The first-order valence-corrected chi connectivity index (χ1v) is 6.47. The molecule has 2 heterocycles. The van der Waals surface area contributed by atoms with Crippen LogP contribution in [0.15, 0.2) is 28.8 Å². The van der Waals surface area contributed by atoms with E-state index in [9.17, 15) is 0 Å². The van der Waals surface area contributed by atoms with Crippen LogP contribution in [0.1, 0.15) is 29.6 Å². The standard InChI is InChI=1S/C13H14ClN3O.ClH/c14-11-4-2-1-3-9(11)7-12-16-13(18-17-12)10-5-6-15-8-10;/h1-4,10,15H,5-8H2;1H/t10-;/m0./s1.